The first-order valence-corrected chi connectivity index (χ1v) is 8.53. The molecule has 2 aromatic carbocycles. The first-order chi connectivity index (χ1) is 11.8. The standard InChI is InChI=1S/C20H24N2O2/c23-20(14-21-12-16-6-7-16)22-13-17-8-10-19(11-9-17)24-15-18-4-2-1-3-5-18/h1-5,8-11,16,21H,6-7,12-15H2,(H,22,23). The maximum Gasteiger partial charge on any atom is 0.234 e. The summed E-state index contributed by atoms with van der Waals surface area (Å²) in [6.07, 6.45) is 2.60. The summed E-state index contributed by atoms with van der Waals surface area (Å²) in [6.45, 7) is 2.46. The molecule has 4 heteroatoms. The van der Waals surface area contributed by atoms with Crippen LogP contribution in [0.4, 0.5) is 0 Å². The Morgan fingerprint density at radius 1 is 1.00 bits per heavy atom. The van der Waals surface area contributed by atoms with Crippen molar-refractivity contribution in [3.8, 4) is 5.75 Å². The van der Waals surface area contributed by atoms with Gasteiger partial charge >= 0.3 is 0 Å². The lowest BCUT2D eigenvalue weighted by Gasteiger charge is -2.09. The van der Waals surface area contributed by atoms with Gasteiger partial charge in [-0.15, -0.1) is 0 Å². The average Bonchev–Trinajstić information content (AvgIpc) is 3.44. The van der Waals surface area contributed by atoms with E-state index in [1.165, 1.54) is 12.8 Å². The lowest BCUT2D eigenvalue weighted by Crippen LogP contribution is -2.34. The van der Waals surface area contributed by atoms with E-state index in [0.29, 0.717) is 19.7 Å². The molecule has 1 aliphatic rings. The lowest BCUT2D eigenvalue weighted by molar-refractivity contribution is -0.120. The van der Waals surface area contributed by atoms with E-state index in [4.69, 9.17) is 4.74 Å². The van der Waals surface area contributed by atoms with E-state index in [1.807, 2.05) is 54.6 Å². The molecule has 1 aliphatic carbocycles. The summed E-state index contributed by atoms with van der Waals surface area (Å²) < 4.78 is 5.76. The quantitative estimate of drug-likeness (QED) is 0.746. The minimum atomic E-state index is 0.0417. The maximum absolute atomic E-state index is 11.7. The van der Waals surface area contributed by atoms with Crippen molar-refractivity contribution in [3.05, 3.63) is 65.7 Å². The second kappa shape index (κ2) is 8.50. The Bertz CT molecular complexity index is 636. The molecule has 3 rings (SSSR count). The molecule has 126 valence electrons. The van der Waals surface area contributed by atoms with Crippen LogP contribution in [0.2, 0.25) is 0 Å². The van der Waals surface area contributed by atoms with E-state index in [2.05, 4.69) is 10.6 Å². The van der Waals surface area contributed by atoms with Crippen LogP contribution < -0.4 is 15.4 Å². The van der Waals surface area contributed by atoms with Gasteiger partial charge in [0.2, 0.25) is 5.91 Å². The maximum atomic E-state index is 11.7. The third kappa shape index (κ3) is 5.70. The summed E-state index contributed by atoms with van der Waals surface area (Å²) in [5.74, 6) is 1.67. The Balaban J connectivity index is 1.36. The van der Waals surface area contributed by atoms with Crippen LogP contribution in [-0.4, -0.2) is 19.0 Å². The van der Waals surface area contributed by atoms with Gasteiger partial charge in [0.25, 0.3) is 0 Å². The van der Waals surface area contributed by atoms with Crippen molar-refractivity contribution in [1.82, 2.24) is 10.6 Å². The number of amides is 1. The fourth-order valence-corrected chi connectivity index (χ4v) is 2.42. The topological polar surface area (TPSA) is 50.4 Å². The van der Waals surface area contributed by atoms with Crippen molar-refractivity contribution in [3.63, 3.8) is 0 Å². The zero-order valence-electron chi connectivity index (χ0n) is 13.8. The van der Waals surface area contributed by atoms with E-state index in [0.717, 1.165) is 29.3 Å². The van der Waals surface area contributed by atoms with Crippen molar-refractivity contribution in [1.29, 1.82) is 0 Å². The highest BCUT2D eigenvalue weighted by molar-refractivity contribution is 5.77. The Hall–Kier alpha value is -2.33. The molecule has 0 bridgehead atoms. The van der Waals surface area contributed by atoms with Crippen molar-refractivity contribution in [2.24, 2.45) is 5.92 Å². The minimum Gasteiger partial charge on any atom is -0.489 e. The number of carbonyl (C=O) groups is 1. The molecule has 1 fully saturated rings. The fourth-order valence-electron chi connectivity index (χ4n) is 2.42. The first-order valence-electron chi connectivity index (χ1n) is 8.53. The molecule has 0 heterocycles. The molecule has 0 spiro atoms. The number of nitrogens with one attached hydrogen (secondary N) is 2. The van der Waals surface area contributed by atoms with E-state index in [1.54, 1.807) is 0 Å². The summed E-state index contributed by atoms with van der Waals surface area (Å²) in [7, 11) is 0. The van der Waals surface area contributed by atoms with E-state index >= 15 is 0 Å². The average molecular weight is 324 g/mol. The highest BCUT2D eigenvalue weighted by Crippen LogP contribution is 2.27. The molecule has 1 amide bonds. The van der Waals surface area contributed by atoms with Gasteiger partial charge in [0, 0.05) is 6.54 Å². The van der Waals surface area contributed by atoms with Crippen LogP contribution in [0.1, 0.15) is 24.0 Å². The van der Waals surface area contributed by atoms with Gasteiger partial charge in [0.05, 0.1) is 6.54 Å². The van der Waals surface area contributed by atoms with Crippen LogP contribution >= 0.6 is 0 Å². The molecule has 0 aromatic heterocycles. The molecule has 2 aromatic rings. The normalized spacial score (nSPS) is 13.5. The Kier molecular flexibility index (Phi) is 5.85. The summed E-state index contributed by atoms with van der Waals surface area (Å²) in [4.78, 5) is 11.7. The molecular formula is C20H24N2O2. The zero-order chi connectivity index (χ0) is 16.6. The Morgan fingerprint density at radius 2 is 1.75 bits per heavy atom. The van der Waals surface area contributed by atoms with Gasteiger partial charge in [-0.1, -0.05) is 42.5 Å². The summed E-state index contributed by atoms with van der Waals surface area (Å²) >= 11 is 0. The monoisotopic (exact) mass is 324 g/mol. The van der Waals surface area contributed by atoms with Gasteiger partial charge in [0.15, 0.2) is 0 Å². The smallest absolute Gasteiger partial charge is 0.234 e. The highest BCUT2D eigenvalue weighted by atomic mass is 16.5. The molecule has 4 nitrogen and oxygen atoms in total. The Morgan fingerprint density at radius 3 is 2.46 bits per heavy atom. The van der Waals surface area contributed by atoms with E-state index in [-0.39, 0.29) is 5.91 Å². The number of hydrogen-bond acceptors (Lipinski definition) is 3. The van der Waals surface area contributed by atoms with Gasteiger partial charge in [-0.3, -0.25) is 4.79 Å². The predicted octanol–water partition coefficient (Wildman–Crippen LogP) is 2.88. The fraction of sp³-hybridized carbons (Fsp3) is 0.350. The third-order valence-electron chi connectivity index (χ3n) is 4.08. The predicted molar refractivity (Wildman–Crippen MR) is 94.7 cm³/mol. The molecule has 0 unspecified atom stereocenters. The first kappa shape index (κ1) is 16.5. The van der Waals surface area contributed by atoms with E-state index in [9.17, 15) is 4.79 Å². The van der Waals surface area contributed by atoms with Crippen LogP contribution in [0.25, 0.3) is 0 Å². The number of benzene rings is 2. The summed E-state index contributed by atoms with van der Waals surface area (Å²) in [5, 5.41) is 6.12. The molecule has 1 saturated carbocycles. The largest absolute Gasteiger partial charge is 0.489 e. The summed E-state index contributed by atoms with van der Waals surface area (Å²) in [5.41, 5.74) is 2.21. The van der Waals surface area contributed by atoms with Gasteiger partial charge in [-0.2, -0.15) is 0 Å². The molecule has 24 heavy (non-hydrogen) atoms. The SMILES string of the molecule is O=C(CNCC1CC1)NCc1ccc(OCc2ccccc2)cc1. The zero-order valence-corrected chi connectivity index (χ0v) is 13.8. The van der Waals surface area contributed by atoms with Crippen LogP contribution in [0.3, 0.4) is 0 Å². The second-order valence-corrected chi connectivity index (χ2v) is 6.27. The molecule has 0 radical (unpaired) electrons. The third-order valence-corrected chi connectivity index (χ3v) is 4.08. The lowest BCUT2D eigenvalue weighted by atomic mass is 10.2. The number of hydrogen-bond donors (Lipinski definition) is 2. The number of rotatable bonds is 9. The van der Waals surface area contributed by atoms with Gasteiger partial charge in [-0.25, -0.2) is 0 Å². The van der Waals surface area contributed by atoms with Crippen LogP contribution in [0.5, 0.6) is 5.75 Å². The number of ether oxygens (including phenoxy) is 1. The van der Waals surface area contributed by atoms with Crippen LogP contribution in [-0.2, 0) is 17.9 Å². The van der Waals surface area contributed by atoms with Crippen molar-refractivity contribution in [2.75, 3.05) is 13.1 Å². The van der Waals surface area contributed by atoms with Crippen LogP contribution in [0, 0.1) is 5.92 Å². The minimum absolute atomic E-state index is 0.0417. The molecule has 0 atom stereocenters. The van der Waals surface area contributed by atoms with Gasteiger partial charge < -0.3 is 15.4 Å². The van der Waals surface area contributed by atoms with Crippen molar-refractivity contribution in [2.45, 2.75) is 26.0 Å². The molecule has 0 saturated heterocycles. The highest BCUT2D eigenvalue weighted by Gasteiger charge is 2.20. The Labute approximate surface area is 143 Å². The van der Waals surface area contributed by atoms with E-state index < -0.39 is 0 Å². The van der Waals surface area contributed by atoms with Crippen LogP contribution in [0.15, 0.2) is 54.6 Å². The molecule has 0 aliphatic heterocycles. The second-order valence-electron chi connectivity index (χ2n) is 6.27. The molecule has 2 N–H and O–H groups in total. The van der Waals surface area contributed by atoms with Crippen molar-refractivity contribution >= 4 is 5.91 Å². The van der Waals surface area contributed by atoms with Gasteiger partial charge in [-0.05, 0) is 48.6 Å². The number of carbonyl (C=O) groups excluding carboxylic acids is 1. The van der Waals surface area contributed by atoms with Gasteiger partial charge in [0.1, 0.15) is 12.4 Å². The van der Waals surface area contributed by atoms with Crippen molar-refractivity contribution < 1.29 is 9.53 Å². The summed E-state index contributed by atoms with van der Waals surface area (Å²) in [6, 6.07) is 17.9. The molecular weight excluding hydrogens is 300 g/mol.